The molecule has 1 fully saturated rings. The van der Waals surface area contributed by atoms with E-state index in [9.17, 15) is 9.50 Å². The Kier molecular flexibility index (Phi) is 5.07. The van der Waals surface area contributed by atoms with Crippen LogP contribution in [0.2, 0.25) is 0 Å². The maximum absolute atomic E-state index is 13.8. The number of aliphatic hydroxyl groups excluding tert-OH is 1. The third-order valence-electron chi connectivity index (χ3n) is 3.56. The summed E-state index contributed by atoms with van der Waals surface area (Å²) in [6, 6.07) is 6.57. The highest BCUT2D eigenvalue weighted by molar-refractivity contribution is 5.32. The van der Waals surface area contributed by atoms with Crippen molar-refractivity contribution in [2.75, 3.05) is 32.7 Å². The summed E-state index contributed by atoms with van der Waals surface area (Å²) in [7, 11) is 0. The predicted octanol–water partition coefficient (Wildman–Crippen LogP) is 1.20. The molecule has 0 aromatic heterocycles. The van der Waals surface area contributed by atoms with Gasteiger partial charge in [0.2, 0.25) is 0 Å². The van der Waals surface area contributed by atoms with Crippen molar-refractivity contribution in [3.8, 4) is 6.07 Å². The van der Waals surface area contributed by atoms with Crippen molar-refractivity contribution < 1.29 is 9.50 Å². The second kappa shape index (κ2) is 6.80. The first kappa shape index (κ1) is 14.9. The summed E-state index contributed by atoms with van der Waals surface area (Å²) in [5.74, 6) is -0.310. The molecular weight excluding hydrogens is 257 g/mol. The van der Waals surface area contributed by atoms with Gasteiger partial charge in [0.15, 0.2) is 0 Å². The Morgan fingerprint density at radius 2 is 1.95 bits per heavy atom. The van der Waals surface area contributed by atoms with E-state index in [4.69, 9.17) is 5.26 Å². The molecule has 5 heteroatoms. The highest BCUT2D eigenvalue weighted by Crippen LogP contribution is 2.14. The lowest BCUT2D eigenvalue weighted by Crippen LogP contribution is -2.47. The molecule has 0 radical (unpaired) electrons. The Labute approximate surface area is 119 Å². The van der Waals surface area contributed by atoms with Crippen LogP contribution in [0.25, 0.3) is 0 Å². The monoisotopic (exact) mass is 277 g/mol. The molecule has 0 saturated carbocycles. The maximum Gasteiger partial charge on any atom is 0.129 e. The molecule has 1 heterocycles. The Bertz CT molecular complexity index is 490. The van der Waals surface area contributed by atoms with Crippen LogP contribution in [-0.4, -0.2) is 53.7 Å². The van der Waals surface area contributed by atoms with Crippen LogP contribution < -0.4 is 0 Å². The number of benzene rings is 1. The standard InChI is InChI=1S/C15H20FN3O/c1-12(20)10-18-4-6-19(7-5-18)11-14-3-2-13(9-17)8-15(14)16/h2-3,8,12,20H,4-7,10-11H2,1H3/t12-/m1/s1. The molecule has 0 bridgehead atoms. The van der Waals surface area contributed by atoms with Gasteiger partial charge in [0.1, 0.15) is 5.82 Å². The van der Waals surface area contributed by atoms with Crippen LogP contribution in [0.1, 0.15) is 18.1 Å². The molecule has 1 aromatic rings. The van der Waals surface area contributed by atoms with Gasteiger partial charge in [-0.25, -0.2) is 4.39 Å². The second-order valence-electron chi connectivity index (χ2n) is 5.34. The first-order chi connectivity index (χ1) is 9.58. The SMILES string of the molecule is C[C@@H](O)CN1CCN(Cc2ccc(C#N)cc2F)CC1. The van der Waals surface area contributed by atoms with Gasteiger partial charge in [0.25, 0.3) is 0 Å². The van der Waals surface area contributed by atoms with E-state index in [1.54, 1.807) is 19.1 Å². The fourth-order valence-electron chi connectivity index (χ4n) is 2.49. The van der Waals surface area contributed by atoms with Gasteiger partial charge < -0.3 is 5.11 Å². The highest BCUT2D eigenvalue weighted by atomic mass is 19.1. The molecule has 1 atom stereocenters. The van der Waals surface area contributed by atoms with Crippen LogP contribution in [-0.2, 0) is 6.54 Å². The van der Waals surface area contributed by atoms with Crippen molar-refractivity contribution in [2.24, 2.45) is 0 Å². The number of nitrogens with zero attached hydrogens (tertiary/aromatic N) is 3. The van der Waals surface area contributed by atoms with Gasteiger partial charge in [-0.15, -0.1) is 0 Å². The van der Waals surface area contributed by atoms with Gasteiger partial charge >= 0.3 is 0 Å². The smallest absolute Gasteiger partial charge is 0.129 e. The molecule has 0 unspecified atom stereocenters. The third kappa shape index (κ3) is 4.01. The maximum atomic E-state index is 13.8. The van der Waals surface area contributed by atoms with E-state index < -0.39 is 0 Å². The molecule has 1 aromatic carbocycles. The average Bonchev–Trinajstić information content (AvgIpc) is 2.42. The van der Waals surface area contributed by atoms with Crippen molar-refractivity contribution >= 4 is 0 Å². The van der Waals surface area contributed by atoms with E-state index in [-0.39, 0.29) is 11.9 Å². The van der Waals surface area contributed by atoms with Crippen molar-refractivity contribution in [3.63, 3.8) is 0 Å². The quantitative estimate of drug-likeness (QED) is 0.898. The van der Waals surface area contributed by atoms with Gasteiger partial charge in [-0.3, -0.25) is 9.80 Å². The molecular formula is C15H20FN3O. The van der Waals surface area contributed by atoms with E-state index in [1.165, 1.54) is 6.07 Å². The van der Waals surface area contributed by atoms with E-state index in [1.807, 2.05) is 6.07 Å². The van der Waals surface area contributed by atoms with Crippen LogP contribution in [0.3, 0.4) is 0 Å². The Hall–Kier alpha value is -1.48. The van der Waals surface area contributed by atoms with Crippen LogP contribution in [0.4, 0.5) is 4.39 Å². The number of nitriles is 1. The normalized spacial score (nSPS) is 18.7. The van der Waals surface area contributed by atoms with Gasteiger partial charge in [-0.05, 0) is 19.1 Å². The molecule has 1 N–H and O–H groups in total. The number of halogens is 1. The third-order valence-corrected chi connectivity index (χ3v) is 3.56. The van der Waals surface area contributed by atoms with Gasteiger partial charge in [0.05, 0.1) is 17.7 Å². The topological polar surface area (TPSA) is 50.5 Å². The molecule has 20 heavy (non-hydrogen) atoms. The van der Waals surface area contributed by atoms with E-state index in [0.29, 0.717) is 24.2 Å². The second-order valence-corrected chi connectivity index (χ2v) is 5.34. The largest absolute Gasteiger partial charge is 0.392 e. The lowest BCUT2D eigenvalue weighted by molar-refractivity contribution is 0.0777. The number of piperazine rings is 1. The highest BCUT2D eigenvalue weighted by Gasteiger charge is 2.18. The summed E-state index contributed by atoms with van der Waals surface area (Å²) in [6.07, 6.45) is -0.308. The average molecular weight is 277 g/mol. The van der Waals surface area contributed by atoms with Gasteiger partial charge in [-0.2, -0.15) is 5.26 Å². The zero-order valence-corrected chi connectivity index (χ0v) is 11.7. The molecule has 0 aliphatic carbocycles. The zero-order valence-electron chi connectivity index (χ0n) is 11.7. The van der Waals surface area contributed by atoms with Crippen LogP contribution in [0, 0.1) is 17.1 Å². The summed E-state index contributed by atoms with van der Waals surface area (Å²) in [5.41, 5.74) is 0.987. The minimum absolute atomic E-state index is 0.308. The summed E-state index contributed by atoms with van der Waals surface area (Å²) >= 11 is 0. The van der Waals surface area contributed by atoms with E-state index in [2.05, 4.69) is 9.80 Å². The van der Waals surface area contributed by atoms with Crippen molar-refractivity contribution in [1.82, 2.24) is 9.80 Å². The molecule has 0 amide bonds. The van der Waals surface area contributed by atoms with Gasteiger partial charge in [0, 0.05) is 44.8 Å². The number of hydrogen-bond acceptors (Lipinski definition) is 4. The molecule has 1 aliphatic rings. The summed E-state index contributed by atoms with van der Waals surface area (Å²) in [4.78, 5) is 4.42. The molecule has 2 rings (SSSR count). The van der Waals surface area contributed by atoms with E-state index >= 15 is 0 Å². The minimum Gasteiger partial charge on any atom is -0.392 e. The minimum atomic E-state index is -0.310. The molecule has 0 spiro atoms. The van der Waals surface area contributed by atoms with Gasteiger partial charge in [-0.1, -0.05) is 6.07 Å². The van der Waals surface area contributed by atoms with Crippen molar-refractivity contribution in [2.45, 2.75) is 19.6 Å². The predicted molar refractivity (Wildman–Crippen MR) is 74.5 cm³/mol. The summed E-state index contributed by atoms with van der Waals surface area (Å²) < 4.78 is 13.8. The fourth-order valence-corrected chi connectivity index (χ4v) is 2.49. The number of aliphatic hydroxyl groups is 1. The molecule has 1 saturated heterocycles. The molecule has 4 nitrogen and oxygen atoms in total. The number of rotatable bonds is 4. The fraction of sp³-hybridized carbons (Fsp3) is 0.533. The Balaban J connectivity index is 1.88. The zero-order chi connectivity index (χ0) is 14.5. The Morgan fingerprint density at radius 3 is 2.50 bits per heavy atom. The first-order valence-electron chi connectivity index (χ1n) is 6.90. The lowest BCUT2D eigenvalue weighted by Gasteiger charge is -2.35. The number of hydrogen-bond donors (Lipinski definition) is 1. The summed E-state index contributed by atoms with van der Waals surface area (Å²) in [6.45, 7) is 6.57. The van der Waals surface area contributed by atoms with Crippen LogP contribution >= 0.6 is 0 Å². The molecule has 108 valence electrons. The van der Waals surface area contributed by atoms with Crippen molar-refractivity contribution in [3.05, 3.63) is 35.1 Å². The van der Waals surface area contributed by atoms with Crippen molar-refractivity contribution in [1.29, 1.82) is 5.26 Å². The number of β-amino-alcohol motifs (C(OH)–C–C–N with tert-alkyl or cyclic N) is 1. The summed E-state index contributed by atoms with van der Waals surface area (Å²) in [5, 5.41) is 18.1. The Morgan fingerprint density at radius 1 is 1.30 bits per heavy atom. The van der Waals surface area contributed by atoms with Crippen LogP contribution in [0.15, 0.2) is 18.2 Å². The van der Waals surface area contributed by atoms with E-state index in [0.717, 1.165) is 26.2 Å². The molecule has 1 aliphatic heterocycles. The lowest BCUT2D eigenvalue weighted by atomic mass is 10.1. The van der Waals surface area contributed by atoms with Crippen LogP contribution in [0.5, 0.6) is 0 Å². The first-order valence-corrected chi connectivity index (χ1v) is 6.90.